The minimum absolute atomic E-state index is 0.561. The first-order valence-corrected chi connectivity index (χ1v) is 22.2. The van der Waals surface area contributed by atoms with Gasteiger partial charge in [-0.05, 0) is 54.6 Å². The Balaban J connectivity index is 1.01. The number of rotatable bonds is 5. The van der Waals surface area contributed by atoms with E-state index in [4.69, 9.17) is 23.8 Å². The van der Waals surface area contributed by atoms with Gasteiger partial charge in [0.2, 0.25) is 0 Å². The van der Waals surface area contributed by atoms with Gasteiger partial charge in [-0.3, -0.25) is 0 Å². The Kier molecular flexibility index (Phi) is 7.46. The van der Waals surface area contributed by atoms with E-state index in [1.54, 1.807) is 11.3 Å². The number of thiophene rings is 1. The zero-order chi connectivity index (χ0) is 41.9. The largest absolute Gasteiger partial charge is 0.456 e. The van der Waals surface area contributed by atoms with Crippen LogP contribution in [0.5, 0.6) is 0 Å². The molecule has 0 saturated carbocycles. The Labute approximate surface area is 368 Å². The number of para-hydroxylation sites is 5. The number of aromatic nitrogens is 4. The number of nitrogens with zero attached hydrogens (tertiary/aromatic N) is 4. The number of benzene rings is 9. The van der Waals surface area contributed by atoms with E-state index in [0.717, 1.165) is 93.1 Å². The third-order valence-corrected chi connectivity index (χ3v) is 13.9. The average Bonchev–Trinajstić information content (AvgIpc) is 4.13. The van der Waals surface area contributed by atoms with E-state index in [2.05, 4.69) is 162 Å². The lowest BCUT2D eigenvalue weighted by molar-refractivity contribution is 0.669. The molecular formula is C57H32N4O2S. The summed E-state index contributed by atoms with van der Waals surface area (Å²) in [6.45, 7) is 0. The first-order chi connectivity index (χ1) is 31.7. The van der Waals surface area contributed by atoms with Crippen molar-refractivity contribution < 1.29 is 8.83 Å². The van der Waals surface area contributed by atoms with E-state index in [1.807, 2.05) is 36.4 Å². The lowest BCUT2D eigenvalue weighted by Crippen LogP contribution is -2.00. The third-order valence-electron chi connectivity index (χ3n) is 12.7. The average molecular weight is 837 g/mol. The van der Waals surface area contributed by atoms with Crippen molar-refractivity contribution in [1.29, 1.82) is 0 Å². The molecule has 5 heterocycles. The van der Waals surface area contributed by atoms with E-state index >= 15 is 0 Å². The monoisotopic (exact) mass is 836 g/mol. The van der Waals surface area contributed by atoms with Crippen LogP contribution in [0.1, 0.15) is 0 Å². The molecule has 0 saturated heterocycles. The Morgan fingerprint density at radius 3 is 1.91 bits per heavy atom. The molecule has 0 atom stereocenters. The number of hydrogen-bond acceptors (Lipinski definition) is 6. The van der Waals surface area contributed by atoms with Gasteiger partial charge in [-0.15, -0.1) is 11.3 Å². The van der Waals surface area contributed by atoms with Crippen molar-refractivity contribution in [2.75, 3.05) is 0 Å². The Bertz CT molecular complexity index is 4210. The van der Waals surface area contributed by atoms with Gasteiger partial charge in [0.05, 0.1) is 11.0 Å². The van der Waals surface area contributed by atoms with E-state index in [1.165, 1.54) is 26.2 Å². The summed E-state index contributed by atoms with van der Waals surface area (Å²) in [4.78, 5) is 15.9. The van der Waals surface area contributed by atoms with Crippen molar-refractivity contribution >= 4 is 97.2 Å². The van der Waals surface area contributed by atoms with Crippen molar-refractivity contribution in [2.45, 2.75) is 0 Å². The molecule has 298 valence electrons. The summed E-state index contributed by atoms with van der Waals surface area (Å²) in [5.41, 5.74) is 11.4. The van der Waals surface area contributed by atoms with Crippen molar-refractivity contribution in [2.24, 2.45) is 0 Å². The SMILES string of the molecule is c1ccc(-n2c3ccccc3c3cccc(-c4cccc5c4oc4cccc(-c6nc(-c7ccc8c(c7)oc7ccccc78)nc(-c7cccc8c7sc7ccccc78)n6)c45)c32)cc1. The van der Waals surface area contributed by atoms with E-state index in [0.29, 0.717) is 17.5 Å². The first kappa shape index (κ1) is 35.2. The lowest BCUT2D eigenvalue weighted by atomic mass is 9.98. The summed E-state index contributed by atoms with van der Waals surface area (Å²) >= 11 is 1.77. The topological polar surface area (TPSA) is 69.9 Å². The van der Waals surface area contributed by atoms with Crippen LogP contribution < -0.4 is 0 Å². The minimum atomic E-state index is 0.561. The molecule has 0 bridgehead atoms. The molecule has 5 aromatic heterocycles. The van der Waals surface area contributed by atoms with E-state index in [9.17, 15) is 0 Å². The summed E-state index contributed by atoms with van der Waals surface area (Å²) in [5, 5.41) is 8.86. The Morgan fingerprint density at radius 2 is 1.02 bits per heavy atom. The normalized spacial score (nSPS) is 12.1. The first-order valence-electron chi connectivity index (χ1n) is 21.3. The number of fused-ring (bicyclic) bond motifs is 12. The molecule has 0 N–H and O–H groups in total. The van der Waals surface area contributed by atoms with Crippen molar-refractivity contribution in [3.63, 3.8) is 0 Å². The van der Waals surface area contributed by atoms with Gasteiger partial charge in [0.1, 0.15) is 22.3 Å². The van der Waals surface area contributed by atoms with Crippen LogP contribution >= 0.6 is 11.3 Å². The van der Waals surface area contributed by atoms with E-state index < -0.39 is 0 Å². The molecule has 0 spiro atoms. The van der Waals surface area contributed by atoms with Gasteiger partial charge in [0.15, 0.2) is 17.5 Å². The zero-order valence-corrected chi connectivity index (χ0v) is 34.8. The van der Waals surface area contributed by atoms with Gasteiger partial charge < -0.3 is 13.4 Å². The zero-order valence-electron chi connectivity index (χ0n) is 34.0. The number of hydrogen-bond donors (Lipinski definition) is 0. The molecule has 0 aliphatic heterocycles. The van der Waals surface area contributed by atoms with Crippen LogP contribution in [0.15, 0.2) is 203 Å². The van der Waals surface area contributed by atoms with Gasteiger partial charge in [-0.25, -0.2) is 15.0 Å². The summed E-state index contributed by atoms with van der Waals surface area (Å²) in [7, 11) is 0. The molecule has 0 unspecified atom stereocenters. The standard InChI is InChI=1S/C57H32N4O2S/c1-2-14-34(15-3-1)61-46-26-7-4-16-35(46)39-19-10-20-40(52(39)61)41-21-11-23-43-51-44(24-13-28-48(51)63-53(41)43)56-58-55(33-30-31-37-36-17-5-8-27-47(36)62-49(37)32-33)59-57(60-56)45-25-12-22-42-38-18-6-9-29-50(38)64-54(42)45/h1-32H. The smallest absolute Gasteiger partial charge is 0.165 e. The molecule has 14 rings (SSSR count). The van der Waals surface area contributed by atoms with Gasteiger partial charge in [0.25, 0.3) is 0 Å². The summed E-state index contributed by atoms with van der Waals surface area (Å²) in [5.74, 6) is 1.73. The Hall–Kier alpha value is -8.39. The van der Waals surface area contributed by atoms with Crippen molar-refractivity contribution in [3.8, 4) is 51.0 Å². The molecular weight excluding hydrogens is 805 g/mol. The third kappa shape index (κ3) is 5.16. The van der Waals surface area contributed by atoms with Gasteiger partial charge in [0, 0.05) is 86.0 Å². The van der Waals surface area contributed by atoms with Gasteiger partial charge >= 0.3 is 0 Å². The molecule has 0 amide bonds. The fourth-order valence-electron chi connectivity index (χ4n) is 9.86. The maximum absolute atomic E-state index is 6.98. The number of furan rings is 2. The fourth-order valence-corrected chi connectivity index (χ4v) is 11.1. The lowest BCUT2D eigenvalue weighted by Gasteiger charge is -2.12. The second kappa shape index (κ2) is 13.6. The predicted molar refractivity (Wildman–Crippen MR) is 263 cm³/mol. The van der Waals surface area contributed by atoms with Crippen LogP contribution in [0, 0.1) is 0 Å². The highest BCUT2D eigenvalue weighted by atomic mass is 32.1. The van der Waals surface area contributed by atoms with E-state index in [-0.39, 0.29) is 0 Å². The molecule has 0 radical (unpaired) electrons. The van der Waals surface area contributed by atoms with Crippen LogP contribution in [0.25, 0.3) is 137 Å². The summed E-state index contributed by atoms with van der Waals surface area (Å²) in [6, 6.07) is 67.8. The fraction of sp³-hybridized carbons (Fsp3) is 0. The molecule has 0 fully saturated rings. The quantitative estimate of drug-likeness (QED) is 0.173. The minimum Gasteiger partial charge on any atom is -0.456 e. The van der Waals surface area contributed by atoms with Crippen LogP contribution in [0.3, 0.4) is 0 Å². The Morgan fingerprint density at radius 1 is 0.391 bits per heavy atom. The second-order valence-corrected chi connectivity index (χ2v) is 17.3. The highest BCUT2D eigenvalue weighted by molar-refractivity contribution is 7.26. The van der Waals surface area contributed by atoms with Crippen LogP contribution in [0.4, 0.5) is 0 Å². The van der Waals surface area contributed by atoms with Crippen LogP contribution in [-0.2, 0) is 0 Å². The molecule has 64 heavy (non-hydrogen) atoms. The second-order valence-electron chi connectivity index (χ2n) is 16.2. The maximum atomic E-state index is 6.98. The molecule has 0 aliphatic carbocycles. The summed E-state index contributed by atoms with van der Waals surface area (Å²) < 4.78 is 18.1. The van der Waals surface area contributed by atoms with Gasteiger partial charge in [-0.2, -0.15) is 0 Å². The molecule has 6 nitrogen and oxygen atoms in total. The highest BCUT2D eigenvalue weighted by Crippen LogP contribution is 2.45. The maximum Gasteiger partial charge on any atom is 0.165 e. The van der Waals surface area contributed by atoms with Gasteiger partial charge in [-0.1, -0.05) is 140 Å². The summed E-state index contributed by atoms with van der Waals surface area (Å²) in [6.07, 6.45) is 0. The molecule has 9 aromatic carbocycles. The van der Waals surface area contributed by atoms with Crippen molar-refractivity contribution in [3.05, 3.63) is 194 Å². The van der Waals surface area contributed by atoms with Crippen molar-refractivity contribution in [1.82, 2.24) is 19.5 Å². The highest BCUT2D eigenvalue weighted by Gasteiger charge is 2.23. The molecule has 0 aliphatic rings. The van der Waals surface area contributed by atoms with Crippen LogP contribution in [0.2, 0.25) is 0 Å². The molecule has 7 heteroatoms. The predicted octanol–water partition coefficient (Wildman–Crippen LogP) is 15.8. The molecule has 14 aromatic rings. The van der Waals surface area contributed by atoms with Crippen LogP contribution in [-0.4, -0.2) is 19.5 Å².